The van der Waals surface area contributed by atoms with Crippen LogP contribution in [0.1, 0.15) is 37.0 Å². The van der Waals surface area contributed by atoms with Crippen LogP contribution in [0.15, 0.2) is 24.3 Å². The molecule has 0 unspecified atom stereocenters. The number of hydrogen-bond acceptors (Lipinski definition) is 4. The molecule has 0 atom stereocenters. The Balaban J connectivity index is 1.91. The zero-order chi connectivity index (χ0) is 16.1. The molecule has 0 bridgehead atoms. The first-order chi connectivity index (χ1) is 10.5. The Labute approximate surface area is 129 Å². The molecule has 1 aliphatic rings. The summed E-state index contributed by atoms with van der Waals surface area (Å²) in [5, 5.41) is 2.51. The van der Waals surface area contributed by atoms with Crippen molar-refractivity contribution in [3.8, 4) is 0 Å². The van der Waals surface area contributed by atoms with Crippen LogP contribution in [0.4, 0.5) is 5.69 Å². The van der Waals surface area contributed by atoms with Crippen molar-refractivity contribution >= 4 is 23.5 Å². The van der Waals surface area contributed by atoms with Crippen LogP contribution in [0.25, 0.3) is 0 Å². The Morgan fingerprint density at radius 2 is 1.95 bits per heavy atom. The predicted molar refractivity (Wildman–Crippen MR) is 81.6 cm³/mol. The molecule has 2 rings (SSSR count). The Morgan fingerprint density at radius 3 is 2.50 bits per heavy atom. The van der Waals surface area contributed by atoms with Crippen LogP contribution in [0, 0.1) is 0 Å². The normalized spacial score (nSPS) is 14.3. The van der Waals surface area contributed by atoms with E-state index in [1.807, 2.05) is 0 Å². The molecule has 1 aromatic rings. The van der Waals surface area contributed by atoms with Crippen molar-refractivity contribution in [1.82, 2.24) is 5.32 Å². The lowest BCUT2D eigenvalue weighted by molar-refractivity contribution is -0.146. The smallest absolute Gasteiger partial charge is 0.325 e. The lowest BCUT2D eigenvalue weighted by Gasteiger charge is -2.15. The van der Waals surface area contributed by atoms with Crippen LogP contribution in [-0.4, -0.2) is 37.0 Å². The van der Waals surface area contributed by atoms with E-state index >= 15 is 0 Å². The fourth-order valence-corrected chi connectivity index (χ4v) is 2.27. The van der Waals surface area contributed by atoms with Gasteiger partial charge < -0.3 is 15.0 Å². The van der Waals surface area contributed by atoms with E-state index < -0.39 is 5.97 Å². The van der Waals surface area contributed by atoms with E-state index in [0.717, 1.165) is 12.1 Å². The predicted octanol–water partition coefficient (Wildman–Crippen LogP) is 1.49. The lowest BCUT2D eigenvalue weighted by atomic mass is 10.2. The SMILES string of the molecule is CC(C)OC(=O)CNC(=O)c1ccc(N2CCCC2=O)cc1. The number of nitrogens with one attached hydrogen (secondary N) is 1. The highest BCUT2D eigenvalue weighted by molar-refractivity contribution is 5.98. The van der Waals surface area contributed by atoms with Crippen molar-refractivity contribution in [2.24, 2.45) is 0 Å². The summed E-state index contributed by atoms with van der Waals surface area (Å²) in [4.78, 5) is 36.7. The summed E-state index contributed by atoms with van der Waals surface area (Å²) in [7, 11) is 0. The summed E-state index contributed by atoms with van der Waals surface area (Å²) < 4.78 is 4.94. The fraction of sp³-hybridized carbons (Fsp3) is 0.438. The number of amides is 2. The molecule has 0 saturated carbocycles. The summed E-state index contributed by atoms with van der Waals surface area (Å²) in [6.07, 6.45) is 1.22. The van der Waals surface area contributed by atoms with E-state index in [0.29, 0.717) is 18.5 Å². The lowest BCUT2D eigenvalue weighted by Crippen LogP contribution is -2.31. The van der Waals surface area contributed by atoms with Crippen molar-refractivity contribution in [1.29, 1.82) is 0 Å². The zero-order valence-electron chi connectivity index (χ0n) is 12.8. The highest BCUT2D eigenvalue weighted by Crippen LogP contribution is 2.21. The number of hydrogen-bond donors (Lipinski definition) is 1. The van der Waals surface area contributed by atoms with Crippen molar-refractivity contribution in [3.63, 3.8) is 0 Å². The minimum atomic E-state index is -0.470. The molecule has 6 nitrogen and oxygen atoms in total. The summed E-state index contributed by atoms with van der Waals surface area (Å²) in [6.45, 7) is 4.05. The first-order valence-electron chi connectivity index (χ1n) is 7.35. The van der Waals surface area contributed by atoms with Gasteiger partial charge in [0.2, 0.25) is 5.91 Å². The van der Waals surface area contributed by atoms with Crippen molar-refractivity contribution < 1.29 is 19.1 Å². The summed E-state index contributed by atoms with van der Waals surface area (Å²) in [5.74, 6) is -0.712. The number of benzene rings is 1. The van der Waals surface area contributed by atoms with Crippen LogP contribution in [-0.2, 0) is 14.3 Å². The van der Waals surface area contributed by atoms with Gasteiger partial charge in [0.1, 0.15) is 6.54 Å². The van der Waals surface area contributed by atoms with E-state index in [1.165, 1.54) is 0 Å². The number of ether oxygens (including phenoxy) is 1. The van der Waals surface area contributed by atoms with Crippen molar-refractivity contribution in [2.75, 3.05) is 18.0 Å². The molecular weight excluding hydrogens is 284 g/mol. The van der Waals surface area contributed by atoms with Gasteiger partial charge in [0, 0.05) is 24.2 Å². The summed E-state index contributed by atoms with van der Waals surface area (Å²) >= 11 is 0. The van der Waals surface area contributed by atoms with Gasteiger partial charge in [-0.3, -0.25) is 14.4 Å². The maximum atomic E-state index is 11.9. The molecule has 6 heteroatoms. The van der Waals surface area contributed by atoms with Gasteiger partial charge in [-0.1, -0.05) is 0 Å². The number of esters is 1. The first-order valence-corrected chi connectivity index (χ1v) is 7.35. The van der Waals surface area contributed by atoms with E-state index in [4.69, 9.17) is 4.74 Å². The van der Waals surface area contributed by atoms with Gasteiger partial charge in [-0.05, 0) is 44.5 Å². The van der Waals surface area contributed by atoms with Gasteiger partial charge in [0.25, 0.3) is 5.91 Å². The number of carbonyl (C=O) groups excluding carboxylic acids is 3. The van der Waals surface area contributed by atoms with Gasteiger partial charge >= 0.3 is 5.97 Å². The van der Waals surface area contributed by atoms with Gasteiger partial charge in [-0.15, -0.1) is 0 Å². The van der Waals surface area contributed by atoms with Crippen LogP contribution >= 0.6 is 0 Å². The maximum Gasteiger partial charge on any atom is 0.325 e. The molecule has 1 fully saturated rings. The molecule has 0 aliphatic carbocycles. The molecule has 2 amide bonds. The highest BCUT2D eigenvalue weighted by atomic mass is 16.5. The first kappa shape index (κ1) is 16.0. The van der Waals surface area contributed by atoms with Gasteiger partial charge in [-0.2, -0.15) is 0 Å². The van der Waals surface area contributed by atoms with Gasteiger partial charge in [0.05, 0.1) is 6.10 Å². The number of anilines is 1. The molecule has 1 aromatic carbocycles. The second kappa shape index (κ2) is 7.06. The second-order valence-corrected chi connectivity index (χ2v) is 5.42. The average molecular weight is 304 g/mol. The second-order valence-electron chi connectivity index (χ2n) is 5.42. The molecule has 22 heavy (non-hydrogen) atoms. The highest BCUT2D eigenvalue weighted by Gasteiger charge is 2.21. The van der Waals surface area contributed by atoms with Crippen LogP contribution in [0.3, 0.4) is 0 Å². The van der Waals surface area contributed by atoms with Crippen LogP contribution in [0.5, 0.6) is 0 Å². The Kier molecular flexibility index (Phi) is 5.14. The van der Waals surface area contributed by atoms with Gasteiger partial charge in [-0.25, -0.2) is 0 Å². The number of carbonyl (C=O) groups is 3. The van der Waals surface area contributed by atoms with Crippen molar-refractivity contribution in [2.45, 2.75) is 32.8 Å². The molecule has 118 valence electrons. The fourth-order valence-electron chi connectivity index (χ4n) is 2.27. The summed E-state index contributed by atoms with van der Waals surface area (Å²) in [6, 6.07) is 6.77. The third kappa shape index (κ3) is 4.07. The molecule has 1 heterocycles. The topological polar surface area (TPSA) is 75.7 Å². The number of rotatable bonds is 5. The van der Waals surface area contributed by atoms with Crippen LogP contribution < -0.4 is 10.2 Å². The Bertz CT molecular complexity index is 566. The standard InChI is InChI=1S/C16H20N2O4/c1-11(2)22-15(20)10-17-16(21)12-5-7-13(8-6-12)18-9-3-4-14(18)19/h5-8,11H,3-4,9-10H2,1-2H3,(H,17,21). The molecular formula is C16H20N2O4. The Hall–Kier alpha value is -2.37. The zero-order valence-corrected chi connectivity index (χ0v) is 12.8. The average Bonchev–Trinajstić information content (AvgIpc) is 2.90. The summed E-state index contributed by atoms with van der Waals surface area (Å²) in [5.41, 5.74) is 1.23. The molecule has 0 radical (unpaired) electrons. The van der Waals surface area contributed by atoms with Gasteiger partial charge in [0.15, 0.2) is 0 Å². The van der Waals surface area contributed by atoms with Crippen LogP contribution in [0.2, 0.25) is 0 Å². The van der Waals surface area contributed by atoms with Crippen molar-refractivity contribution in [3.05, 3.63) is 29.8 Å². The molecule has 1 N–H and O–H groups in total. The monoisotopic (exact) mass is 304 g/mol. The minimum absolute atomic E-state index is 0.105. The largest absolute Gasteiger partial charge is 0.462 e. The maximum absolute atomic E-state index is 11.9. The molecule has 1 aliphatic heterocycles. The third-order valence-corrected chi connectivity index (χ3v) is 3.28. The Morgan fingerprint density at radius 1 is 1.27 bits per heavy atom. The molecule has 1 saturated heterocycles. The van der Waals surface area contributed by atoms with E-state index in [-0.39, 0.29) is 24.5 Å². The van der Waals surface area contributed by atoms with E-state index in [1.54, 1.807) is 43.0 Å². The molecule has 0 spiro atoms. The van der Waals surface area contributed by atoms with E-state index in [9.17, 15) is 14.4 Å². The minimum Gasteiger partial charge on any atom is -0.462 e. The third-order valence-electron chi connectivity index (χ3n) is 3.28. The quantitative estimate of drug-likeness (QED) is 0.836. The number of nitrogens with zero attached hydrogens (tertiary/aromatic N) is 1. The van der Waals surface area contributed by atoms with E-state index in [2.05, 4.69) is 5.32 Å². The molecule has 0 aromatic heterocycles.